The highest BCUT2D eigenvalue weighted by Crippen LogP contribution is 2.29. The number of piperazine rings is 2. The van der Waals surface area contributed by atoms with Gasteiger partial charge in [0.25, 0.3) is 5.91 Å². The lowest BCUT2D eigenvalue weighted by atomic mass is 9.91. The molecule has 1 aromatic rings. The van der Waals surface area contributed by atoms with Gasteiger partial charge in [0.05, 0.1) is 12.1 Å². The van der Waals surface area contributed by atoms with Gasteiger partial charge in [-0.3, -0.25) is 9.69 Å². The van der Waals surface area contributed by atoms with Crippen molar-refractivity contribution < 1.29 is 9.90 Å². The van der Waals surface area contributed by atoms with Crippen molar-refractivity contribution in [3.05, 3.63) is 34.9 Å². The minimum absolute atomic E-state index is 0.0135. The third-order valence-corrected chi connectivity index (χ3v) is 5.64. The van der Waals surface area contributed by atoms with Gasteiger partial charge in [0, 0.05) is 49.4 Å². The molecule has 0 spiro atoms. The highest BCUT2D eigenvalue weighted by molar-refractivity contribution is 6.30. The van der Waals surface area contributed by atoms with Gasteiger partial charge >= 0.3 is 0 Å². The Kier molecular flexibility index (Phi) is 5.16. The largest absolute Gasteiger partial charge is 0.394 e. The van der Waals surface area contributed by atoms with E-state index >= 15 is 0 Å². The monoisotopic (exact) mass is 351 g/mol. The average molecular weight is 352 g/mol. The number of hydrogen-bond donors (Lipinski definition) is 1. The molecule has 0 unspecified atom stereocenters. The van der Waals surface area contributed by atoms with Crippen molar-refractivity contribution in [3.8, 4) is 0 Å². The number of rotatable bonds is 3. The number of benzene rings is 1. The molecule has 1 aromatic carbocycles. The van der Waals surface area contributed by atoms with Crippen molar-refractivity contribution in [2.75, 3.05) is 45.9 Å². The van der Waals surface area contributed by atoms with Gasteiger partial charge in [-0.1, -0.05) is 18.5 Å². The molecule has 2 saturated heterocycles. The highest BCUT2D eigenvalue weighted by Gasteiger charge is 2.45. The zero-order chi connectivity index (χ0) is 17.3. The molecule has 2 aliphatic heterocycles. The van der Waals surface area contributed by atoms with Crippen LogP contribution in [0.5, 0.6) is 0 Å². The summed E-state index contributed by atoms with van der Waals surface area (Å²) in [5.74, 6) is 0.0135. The lowest BCUT2D eigenvalue weighted by Crippen LogP contribution is -2.72. The Bertz CT molecular complexity index is 594. The van der Waals surface area contributed by atoms with Crippen molar-refractivity contribution in [2.24, 2.45) is 0 Å². The van der Waals surface area contributed by atoms with Crippen molar-refractivity contribution in [3.63, 3.8) is 0 Å². The summed E-state index contributed by atoms with van der Waals surface area (Å²) in [7, 11) is 0. The van der Waals surface area contributed by atoms with Gasteiger partial charge in [-0.25, -0.2) is 0 Å². The maximum Gasteiger partial charge on any atom is 0.253 e. The first-order chi connectivity index (χ1) is 11.5. The molecular formula is C18H26ClN3O2. The summed E-state index contributed by atoms with van der Waals surface area (Å²) in [6.45, 7) is 9.46. The van der Waals surface area contributed by atoms with Gasteiger partial charge in [0.1, 0.15) is 0 Å². The molecule has 3 rings (SSSR count). The Morgan fingerprint density at radius 3 is 2.62 bits per heavy atom. The molecule has 2 fully saturated rings. The lowest BCUT2D eigenvalue weighted by Gasteiger charge is -2.56. The maximum atomic E-state index is 12.9. The molecule has 2 atom stereocenters. The fourth-order valence-corrected chi connectivity index (χ4v) is 4.09. The molecule has 0 bridgehead atoms. The van der Waals surface area contributed by atoms with Crippen LogP contribution in [-0.4, -0.2) is 83.2 Å². The molecule has 2 aliphatic rings. The quantitative estimate of drug-likeness (QED) is 0.897. The van der Waals surface area contributed by atoms with E-state index in [4.69, 9.17) is 11.6 Å². The second kappa shape index (κ2) is 7.00. The van der Waals surface area contributed by atoms with Gasteiger partial charge < -0.3 is 14.9 Å². The number of fused-ring (bicyclic) bond motifs is 1. The topological polar surface area (TPSA) is 47.0 Å². The lowest BCUT2D eigenvalue weighted by molar-refractivity contribution is -0.0826. The number of carbonyl (C=O) groups excluding carboxylic acids is 1. The summed E-state index contributed by atoms with van der Waals surface area (Å²) in [6.07, 6.45) is 0. The number of likely N-dealkylation sites (N-methyl/N-ethyl adjacent to an activating group) is 1. The average Bonchev–Trinajstić information content (AvgIpc) is 2.61. The van der Waals surface area contributed by atoms with Crippen LogP contribution >= 0.6 is 11.6 Å². The van der Waals surface area contributed by atoms with E-state index in [2.05, 4.69) is 23.6 Å². The van der Waals surface area contributed by atoms with E-state index in [0.29, 0.717) is 23.7 Å². The second-order valence-electron chi connectivity index (χ2n) is 7.09. The summed E-state index contributed by atoms with van der Waals surface area (Å²) in [5.41, 5.74) is 0.265. The summed E-state index contributed by atoms with van der Waals surface area (Å²) in [5, 5.41) is 10.6. The van der Waals surface area contributed by atoms with E-state index in [0.717, 1.165) is 26.2 Å². The molecule has 0 radical (unpaired) electrons. The number of aliphatic hydroxyl groups excluding tert-OH is 1. The fourth-order valence-electron chi connectivity index (χ4n) is 3.97. The molecule has 5 nitrogen and oxygen atoms in total. The van der Waals surface area contributed by atoms with Crippen LogP contribution in [0.3, 0.4) is 0 Å². The molecule has 0 aromatic heterocycles. The first-order valence-corrected chi connectivity index (χ1v) is 8.99. The van der Waals surface area contributed by atoms with E-state index in [-0.39, 0.29) is 24.1 Å². The molecule has 1 amide bonds. The van der Waals surface area contributed by atoms with Crippen LogP contribution in [-0.2, 0) is 0 Å². The number of hydrogen-bond acceptors (Lipinski definition) is 4. The third kappa shape index (κ3) is 3.31. The Morgan fingerprint density at radius 1 is 1.29 bits per heavy atom. The number of amides is 1. The molecule has 0 saturated carbocycles. The molecule has 132 valence electrons. The van der Waals surface area contributed by atoms with Crippen LogP contribution in [0.2, 0.25) is 5.02 Å². The SMILES string of the molecule is CCN1CCN2[C@@H](C1)CN(C(=O)c1ccc(Cl)cc1)C[C@@]2(C)CO. The van der Waals surface area contributed by atoms with Crippen LogP contribution in [0, 0.1) is 0 Å². The van der Waals surface area contributed by atoms with Crippen molar-refractivity contribution in [1.82, 2.24) is 14.7 Å². The first kappa shape index (κ1) is 17.7. The van der Waals surface area contributed by atoms with Crippen LogP contribution < -0.4 is 0 Å². The zero-order valence-corrected chi connectivity index (χ0v) is 15.2. The van der Waals surface area contributed by atoms with E-state index in [1.54, 1.807) is 24.3 Å². The van der Waals surface area contributed by atoms with E-state index in [1.165, 1.54) is 0 Å². The summed E-state index contributed by atoms with van der Waals surface area (Å²) < 4.78 is 0. The Morgan fingerprint density at radius 2 is 2.00 bits per heavy atom. The number of halogens is 1. The van der Waals surface area contributed by atoms with Crippen molar-refractivity contribution in [2.45, 2.75) is 25.4 Å². The first-order valence-electron chi connectivity index (χ1n) is 8.61. The number of aliphatic hydroxyl groups is 1. The third-order valence-electron chi connectivity index (χ3n) is 5.39. The summed E-state index contributed by atoms with van der Waals surface area (Å²) in [4.78, 5) is 19.6. The molecule has 24 heavy (non-hydrogen) atoms. The normalized spacial score (nSPS) is 28.7. The molecular weight excluding hydrogens is 326 g/mol. The number of nitrogens with zero attached hydrogens (tertiary/aromatic N) is 3. The fraction of sp³-hybridized carbons (Fsp3) is 0.611. The van der Waals surface area contributed by atoms with Gasteiger partial charge in [0.2, 0.25) is 0 Å². The molecule has 2 heterocycles. The Balaban J connectivity index is 1.82. The minimum Gasteiger partial charge on any atom is -0.394 e. The van der Waals surface area contributed by atoms with Gasteiger partial charge in [-0.2, -0.15) is 0 Å². The van der Waals surface area contributed by atoms with Crippen LogP contribution in [0.25, 0.3) is 0 Å². The molecule has 1 N–H and O–H groups in total. The standard InChI is InChI=1S/C18H26ClN3O2/c1-3-20-8-9-22-16(10-20)11-21(12-18(22,2)13-23)17(24)14-4-6-15(19)7-5-14/h4-7,16,23H,3,8-13H2,1-2H3/t16-,18-/m0/s1. The second-order valence-corrected chi connectivity index (χ2v) is 7.52. The van der Waals surface area contributed by atoms with E-state index < -0.39 is 0 Å². The van der Waals surface area contributed by atoms with E-state index in [9.17, 15) is 9.90 Å². The van der Waals surface area contributed by atoms with Crippen LogP contribution in [0.15, 0.2) is 24.3 Å². The summed E-state index contributed by atoms with van der Waals surface area (Å²) in [6, 6.07) is 7.30. The Hall–Kier alpha value is -1.14. The minimum atomic E-state index is -0.384. The Labute approximate surface area is 148 Å². The van der Waals surface area contributed by atoms with Gasteiger partial charge in [0.15, 0.2) is 0 Å². The maximum absolute atomic E-state index is 12.9. The highest BCUT2D eigenvalue weighted by atomic mass is 35.5. The number of carbonyl (C=O) groups is 1. The molecule has 0 aliphatic carbocycles. The predicted octanol–water partition coefficient (Wildman–Crippen LogP) is 1.55. The van der Waals surface area contributed by atoms with Crippen LogP contribution in [0.4, 0.5) is 0 Å². The van der Waals surface area contributed by atoms with Crippen molar-refractivity contribution >= 4 is 17.5 Å². The summed E-state index contributed by atoms with van der Waals surface area (Å²) >= 11 is 5.92. The predicted molar refractivity (Wildman–Crippen MR) is 95.5 cm³/mol. The van der Waals surface area contributed by atoms with Crippen molar-refractivity contribution in [1.29, 1.82) is 0 Å². The zero-order valence-electron chi connectivity index (χ0n) is 14.4. The van der Waals surface area contributed by atoms with Gasteiger partial charge in [-0.15, -0.1) is 0 Å². The van der Waals surface area contributed by atoms with Crippen LogP contribution in [0.1, 0.15) is 24.2 Å². The molecule has 6 heteroatoms. The smallest absolute Gasteiger partial charge is 0.253 e. The van der Waals surface area contributed by atoms with Gasteiger partial charge in [-0.05, 0) is 37.7 Å². The van der Waals surface area contributed by atoms with E-state index in [1.807, 2.05) is 4.90 Å².